The molecule has 2 N–H and O–H groups in total. The van der Waals surface area contributed by atoms with Gasteiger partial charge in [0.1, 0.15) is 17.2 Å². The van der Waals surface area contributed by atoms with Gasteiger partial charge in [0.15, 0.2) is 0 Å². The number of carbonyl (C=O) groups is 1. The molecule has 0 atom stereocenters. The Kier molecular flexibility index (Phi) is 5.82. The van der Waals surface area contributed by atoms with E-state index in [0.29, 0.717) is 22.1 Å². The molecule has 0 aromatic carbocycles. The van der Waals surface area contributed by atoms with Crippen molar-refractivity contribution in [2.75, 3.05) is 12.4 Å². The maximum absolute atomic E-state index is 11.8. The van der Waals surface area contributed by atoms with Crippen molar-refractivity contribution >= 4 is 53.7 Å². The maximum Gasteiger partial charge on any atom is 0.355 e. The highest BCUT2D eigenvalue weighted by Gasteiger charge is 2.18. The minimum atomic E-state index is -1.11. The summed E-state index contributed by atoms with van der Waals surface area (Å²) in [7, 11) is 2.68. The Bertz CT molecular complexity index is 731. The number of hydrogen-bond acceptors (Lipinski definition) is 6. The smallest absolute Gasteiger partial charge is 0.355 e. The summed E-state index contributed by atoms with van der Waals surface area (Å²) >= 11 is 8.31. The van der Waals surface area contributed by atoms with Crippen LogP contribution >= 0.6 is 41.9 Å². The molecule has 124 valence electrons. The number of hydrogen-bond donors (Lipinski definition) is 2. The van der Waals surface area contributed by atoms with E-state index >= 15 is 0 Å². The fourth-order valence-electron chi connectivity index (χ4n) is 1.94. The summed E-state index contributed by atoms with van der Waals surface area (Å²) in [4.78, 5) is 16.0. The van der Waals surface area contributed by atoms with E-state index in [-0.39, 0.29) is 0 Å². The molecule has 0 radical (unpaired) electrons. The molecular formula is C14H15ClIN3O3S. The van der Waals surface area contributed by atoms with Gasteiger partial charge >= 0.3 is 5.97 Å². The topological polar surface area (TPSA) is 76.4 Å². The van der Waals surface area contributed by atoms with Gasteiger partial charge in [-0.2, -0.15) is 0 Å². The van der Waals surface area contributed by atoms with Gasteiger partial charge in [-0.3, -0.25) is 3.97 Å². The highest BCUT2D eigenvalue weighted by molar-refractivity contribution is 14.2. The zero-order valence-corrected chi connectivity index (χ0v) is 16.4. The van der Waals surface area contributed by atoms with Crippen molar-refractivity contribution in [2.24, 2.45) is 0 Å². The van der Waals surface area contributed by atoms with Gasteiger partial charge < -0.3 is 15.2 Å². The van der Waals surface area contributed by atoms with Crippen LogP contribution in [0.3, 0.4) is 0 Å². The molecule has 0 aliphatic carbocycles. The zero-order valence-electron chi connectivity index (χ0n) is 12.6. The van der Waals surface area contributed by atoms with Crippen LogP contribution in [0.4, 0.5) is 5.82 Å². The average Bonchev–Trinajstić information content (AvgIpc) is 2.91. The number of methoxy groups -OCH3 is 1. The lowest BCUT2D eigenvalue weighted by atomic mass is 10.1. The number of esters is 1. The van der Waals surface area contributed by atoms with Crippen LogP contribution in [0.5, 0.6) is 0 Å². The van der Waals surface area contributed by atoms with Crippen molar-refractivity contribution < 1.29 is 14.6 Å². The first-order valence-corrected chi connectivity index (χ1v) is 10.2. The summed E-state index contributed by atoms with van der Waals surface area (Å²) in [6.45, 7) is 3.23. The van der Waals surface area contributed by atoms with E-state index in [9.17, 15) is 9.90 Å². The second-order valence-corrected chi connectivity index (χ2v) is 7.35. The lowest BCUT2D eigenvalue weighted by molar-refractivity contribution is 0.0593. The molecule has 2 heterocycles. The summed E-state index contributed by atoms with van der Waals surface area (Å²) in [5, 5.41) is 13.2. The number of halogens is 2. The second kappa shape index (κ2) is 7.29. The number of nitrogens with one attached hydrogen (secondary N) is 1. The van der Waals surface area contributed by atoms with Crippen molar-refractivity contribution in [1.82, 2.24) is 8.96 Å². The molecule has 6 nitrogen and oxygen atoms in total. The molecule has 0 aliphatic heterocycles. The fraction of sp³-hybridized carbons (Fsp3) is 0.286. The van der Waals surface area contributed by atoms with Gasteiger partial charge in [0.25, 0.3) is 0 Å². The molecule has 2 aromatic rings. The van der Waals surface area contributed by atoms with Gasteiger partial charge in [0, 0.05) is 53.8 Å². The third-order valence-electron chi connectivity index (χ3n) is 2.86. The highest BCUT2D eigenvalue weighted by atomic mass is 127. The van der Waals surface area contributed by atoms with Crippen LogP contribution in [0.2, 0.25) is 5.02 Å². The van der Waals surface area contributed by atoms with E-state index in [1.54, 1.807) is 36.1 Å². The molecule has 0 unspecified atom stereocenters. The number of ether oxygens (including phenoxy) is 1. The van der Waals surface area contributed by atoms with E-state index in [1.165, 1.54) is 22.4 Å². The molecule has 0 saturated heterocycles. The van der Waals surface area contributed by atoms with E-state index in [0.717, 1.165) is 5.56 Å². The summed E-state index contributed by atoms with van der Waals surface area (Å²) in [5.41, 5.74) is 0.745. The summed E-state index contributed by atoms with van der Waals surface area (Å²) in [6, 6.07) is 3.42. The SMILES string of the molecule is COC(=O)c1cc(-c2cc(NC(C)(C)O)ncc2Cl)cn1SI. The van der Waals surface area contributed by atoms with Gasteiger partial charge in [0.2, 0.25) is 0 Å². The van der Waals surface area contributed by atoms with E-state index < -0.39 is 11.7 Å². The highest BCUT2D eigenvalue weighted by Crippen LogP contribution is 2.33. The van der Waals surface area contributed by atoms with Crippen molar-refractivity contribution in [3.05, 3.63) is 35.2 Å². The van der Waals surface area contributed by atoms with Gasteiger partial charge in [-0.15, -0.1) is 0 Å². The number of anilines is 1. The van der Waals surface area contributed by atoms with Crippen LogP contribution in [0.1, 0.15) is 24.3 Å². The number of nitrogens with zero attached hydrogens (tertiary/aromatic N) is 2. The predicted octanol–water partition coefficient (Wildman–Crippen LogP) is 3.98. The second-order valence-electron chi connectivity index (χ2n) is 5.23. The van der Waals surface area contributed by atoms with Crippen molar-refractivity contribution in [3.63, 3.8) is 0 Å². The number of carbonyl (C=O) groups excluding carboxylic acids is 1. The quantitative estimate of drug-likeness (QED) is 0.394. The minimum absolute atomic E-state index is 0.409. The number of rotatable bonds is 5. The van der Waals surface area contributed by atoms with E-state index in [4.69, 9.17) is 16.3 Å². The molecule has 0 aliphatic rings. The molecule has 0 spiro atoms. The van der Waals surface area contributed by atoms with Gasteiger partial charge in [-0.25, -0.2) is 9.78 Å². The molecule has 23 heavy (non-hydrogen) atoms. The lowest BCUT2D eigenvalue weighted by Crippen LogP contribution is -2.30. The predicted molar refractivity (Wildman–Crippen MR) is 101 cm³/mol. The molecule has 0 fully saturated rings. The Morgan fingerprint density at radius 3 is 2.78 bits per heavy atom. The first-order valence-electron chi connectivity index (χ1n) is 6.51. The van der Waals surface area contributed by atoms with Crippen LogP contribution in [0, 0.1) is 0 Å². The molecule has 2 rings (SSSR count). The Hall–Kier alpha value is -0.970. The Morgan fingerprint density at radius 2 is 2.22 bits per heavy atom. The van der Waals surface area contributed by atoms with Gasteiger partial charge in [0.05, 0.1) is 12.1 Å². The number of aromatic nitrogens is 2. The van der Waals surface area contributed by atoms with Gasteiger partial charge in [-0.1, -0.05) is 11.6 Å². The maximum atomic E-state index is 11.8. The largest absolute Gasteiger partial charge is 0.464 e. The lowest BCUT2D eigenvalue weighted by Gasteiger charge is -2.20. The number of aliphatic hydroxyl groups is 1. The Morgan fingerprint density at radius 1 is 1.52 bits per heavy atom. The Labute approximate surface area is 155 Å². The zero-order chi connectivity index (χ0) is 17.2. The van der Waals surface area contributed by atoms with Gasteiger partial charge in [-0.05, 0) is 26.0 Å². The summed E-state index contributed by atoms with van der Waals surface area (Å²) < 4.78 is 6.48. The summed E-state index contributed by atoms with van der Waals surface area (Å²) in [5.74, 6) is 0.0480. The van der Waals surface area contributed by atoms with E-state index in [1.807, 2.05) is 0 Å². The monoisotopic (exact) mass is 467 g/mol. The third kappa shape index (κ3) is 4.52. The molecule has 9 heteroatoms. The molecule has 0 saturated carbocycles. The molecule has 2 aromatic heterocycles. The minimum Gasteiger partial charge on any atom is -0.464 e. The molecular weight excluding hydrogens is 453 g/mol. The molecule has 0 amide bonds. The van der Waals surface area contributed by atoms with Crippen LogP contribution in [0.25, 0.3) is 11.1 Å². The van der Waals surface area contributed by atoms with Crippen LogP contribution < -0.4 is 5.32 Å². The standard InChI is InChI=1S/C14H15ClIN3O3S/c1-14(2,21)18-12-5-9(10(15)6-17-12)8-4-11(13(20)22-3)19(7-8)23-16/h4-7,21H,1-3H3,(H,17,18). The average molecular weight is 468 g/mol. The van der Waals surface area contributed by atoms with E-state index in [2.05, 4.69) is 31.5 Å². The Balaban J connectivity index is 2.47. The fourth-order valence-corrected chi connectivity index (χ4v) is 3.49. The summed E-state index contributed by atoms with van der Waals surface area (Å²) in [6.07, 6.45) is 3.29. The normalized spacial score (nSPS) is 11.4. The van der Waals surface area contributed by atoms with Crippen LogP contribution in [-0.4, -0.2) is 32.9 Å². The number of pyridine rings is 1. The van der Waals surface area contributed by atoms with Crippen molar-refractivity contribution in [1.29, 1.82) is 0 Å². The first-order chi connectivity index (χ1) is 10.7. The van der Waals surface area contributed by atoms with Crippen molar-refractivity contribution in [3.8, 4) is 11.1 Å². The molecule has 0 bridgehead atoms. The third-order valence-corrected chi connectivity index (χ3v) is 4.88. The first kappa shape index (κ1) is 18.4. The van der Waals surface area contributed by atoms with Crippen molar-refractivity contribution in [2.45, 2.75) is 19.6 Å². The van der Waals surface area contributed by atoms with Crippen LogP contribution in [-0.2, 0) is 4.74 Å². The van der Waals surface area contributed by atoms with Crippen LogP contribution in [0.15, 0.2) is 24.5 Å².